The van der Waals surface area contributed by atoms with E-state index in [1.165, 1.54) is 7.05 Å². The average molecular weight is 378 g/mol. The molecule has 1 amide bonds. The van der Waals surface area contributed by atoms with Gasteiger partial charge in [-0.3, -0.25) is 4.90 Å². The van der Waals surface area contributed by atoms with Crippen molar-refractivity contribution in [2.45, 2.75) is 12.6 Å². The highest BCUT2D eigenvalue weighted by Crippen LogP contribution is 2.23. The van der Waals surface area contributed by atoms with E-state index in [-0.39, 0.29) is 6.61 Å². The predicted molar refractivity (Wildman–Crippen MR) is 88.9 cm³/mol. The van der Waals surface area contributed by atoms with Gasteiger partial charge in [0.05, 0.1) is 0 Å². The number of nitrogens with zero attached hydrogens (tertiary/aromatic N) is 1. The fourth-order valence-electron chi connectivity index (χ4n) is 2.14. The second-order valence-corrected chi connectivity index (χ2v) is 5.86. The van der Waals surface area contributed by atoms with Crippen molar-refractivity contribution in [2.75, 3.05) is 7.05 Å². The van der Waals surface area contributed by atoms with Gasteiger partial charge in [0.15, 0.2) is 6.04 Å². The maximum Gasteiger partial charge on any atom is 0.410 e. The third kappa shape index (κ3) is 4.56. The first-order valence-corrected chi connectivity index (χ1v) is 7.70. The molecule has 1 unspecified atom stereocenters. The molecule has 6 heteroatoms. The monoisotopic (exact) mass is 377 g/mol. The molecule has 5 nitrogen and oxygen atoms in total. The highest BCUT2D eigenvalue weighted by Gasteiger charge is 2.29. The summed E-state index contributed by atoms with van der Waals surface area (Å²) >= 11 is 3.30. The van der Waals surface area contributed by atoms with E-state index in [0.717, 1.165) is 14.9 Å². The van der Waals surface area contributed by atoms with E-state index in [0.29, 0.717) is 5.56 Å². The van der Waals surface area contributed by atoms with E-state index in [4.69, 9.17) is 4.74 Å². The molecule has 0 aliphatic heterocycles. The number of likely N-dealkylation sites (N-methyl/N-ethyl adjacent to an activating group) is 1. The highest BCUT2D eigenvalue weighted by molar-refractivity contribution is 9.10. The lowest BCUT2D eigenvalue weighted by Crippen LogP contribution is -2.36. The number of halogens is 1. The van der Waals surface area contributed by atoms with E-state index in [2.05, 4.69) is 15.9 Å². The van der Waals surface area contributed by atoms with E-state index in [1.807, 2.05) is 30.3 Å². The van der Waals surface area contributed by atoms with Crippen LogP contribution in [-0.2, 0) is 16.1 Å². The molecule has 0 saturated heterocycles. The van der Waals surface area contributed by atoms with Crippen LogP contribution < -0.4 is 0 Å². The Kier molecular flexibility index (Phi) is 5.76. The molecule has 2 aromatic carbocycles. The van der Waals surface area contributed by atoms with Gasteiger partial charge in [-0.15, -0.1) is 0 Å². The zero-order valence-corrected chi connectivity index (χ0v) is 14.1. The van der Waals surface area contributed by atoms with Crippen LogP contribution in [-0.4, -0.2) is 29.1 Å². The maximum atomic E-state index is 12.1. The Morgan fingerprint density at radius 2 is 1.87 bits per heavy atom. The van der Waals surface area contributed by atoms with E-state index >= 15 is 0 Å². The molecular weight excluding hydrogens is 362 g/mol. The van der Waals surface area contributed by atoms with Crippen LogP contribution in [0.25, 0.3) is 0 Å². The summed E-state index contributed by atoms with van der Waals surface area (Å²) in [5, 5.41) is 9.46. The minimum Gasteiger partial charge on any atom is -0.479 e. The molecule has 0 aliphatic rings. The van der Waals surface area contributed by atoms with Crippen LogP contribution >= 0.6 is 15.9 Å². The first-order chi connectivity index (χ1) is 11.0. The number of ether oxygens (including phenoxy) is 1. The quantitative estimate of drug-likeness (QED) is 0.859. The van der Waals surface area contributed by atoms with E-state index in [1.54, 1.807) is 24.3 Å². The third-order valence-electron chi connectivity index (χ3n) is 3.28. The van der Waals surface area contributed by atoms with Crippen LogP contribution in [0.2, 0.25) is 0 Å². The summed E-state index contributed by atoms with van der Waals surface area (Å²) in [7, 11) is 1.41. The summed E-state index contributed by atoms with van der Waals surface area (Å²) < 4.78 is 5.93. The van der Waals surface area contributed by atoms with Gasteiger partial charge in [-0.25, -0.2) is 9.59 Å². The molecule has 0 heterocycles. The topological polar surface area (TPSA) is 66.8 Å². The Bertz CT molecular complexity index is 690. The highest BCUT2D eigenvalue weighted by atomic mass is 79.9. The minimum atomic E-state index is -1.12. The first-order valence-electron chi connectivity index (χ1n) is 6.91. The van der Waals surface area contributed by atoms with Crippen LogP contribution in [0, 0.1) is 0 Å². The lowest BCUT2D eigenvalue weighted by molar-refractivity contribution is -0.142. The number of hydrogen-bond acceptors (Lipinski definition) is 3. The Morgan fingerprint density at radius 3 is 2.48 bits per heavy atom. The van der Waals surface area contributed by atoms with Crippen LogP contribution in [0.4, 0.5) is 4.79 Å². The van der Waals surface area contributed by atoms with Gasteiger partial charge in [0.1, 0.15) is 6.61 Å². The SMILES string of the molecule is CN(C(=O)OCc1ccccc1)C(C(=O)O)c1cccc(Br)c1. The number of carboxylic acid groups (broad SMARTS) is 1. The fraction of sp³-hybridized carbons (Fsp3) is 0.176. The number of amides is 1. The summed E-state index contributed by atoms with van der Waals surface area (Å²) in [6.45, 7) is 0.0921. The van der Waals surface area contributed by atoms with Crippen LogP contribution in [0.15, 0.2) is 59.1 Å². The first kappa shape index (κ1) is 17.0. The lowest BCUT2D eigenvalue weighted by atomic mass is 10.1. The number of aliphatic carboxylic acids is 1. The molecule has 0 aromatic heterocycles. The van der Waals surface area contributed by atoms with Crippen LogP contribution in [0.3, 0.4) is 0 Å². The predicted octanol–water partition coefficient (Wildman–Crippen LogP) is 3.84. The minimum absolute atomic E-state index is 0.0921. The van der Waals surface area contributed by atoms with Crippen molar-refractivity contribution in [3.8, 4) is 0 Å². The van der Waals surface area contributed by atoms with Crippen molar-refractivity contribution in [3.05, 3.63) is 70.2 Å². The molecule has 0 bridgehead atoms. The number of rotatable bonds is 5. The summed E-state index contributed by atoms with van der Waals surface area (Å²) in [5.74, 6) is -1.12. The van der Waals surface area contributed by atoms with Gasteiger partial charge in [0, 0.05) is 11.5 Å². The van der Waals surface area contributed by atoms with Crippen molar-refractivity contribution < 1.29 is 19.4 Å². The second kappa shape index (κ2) is 7.78. The number of hydrogen-bond donors (Lipinski definition) is 1. The Hall–Kier alpha value is -2.34. The van der Waals surface area contributed by atoms with Gasteiger partial charge in [-0.05, 0) is 23.3 Å². The van der Waals surface area contributed by atoms with Gasteiger partial charge in [0.25, 0.3) is 0 Å². The Labute approximate surface area is 142 Å². The Balaban J connectivity index is 2.10. The maximum absolute atomic E-state index is 12.1. The average Bonchev–Trinajstić information content (AvgIpc) is 2.53. The summed E-state index contributed by atoms with van der Waals surface area (Å²) in [5.41, 5.74) is 1.33. The van der Waals surface area contributed by atoms with Crippen molar-refractivity contribution >= 4 is 28.0 Å². The van der Waals surface area contributed by atoms with Crippen molar-refractivity contribution in [2.24, 2.45) is 0 Å². The molecule has 1 N–H and O–H groups in total. The fourth-order valence-corrected chi connectivity index (χ4v) is 2.55. The zero-order chi connectivity index (χ0) is 16.8. The molecular formula is C17H16BrNO4. The van der Waals surface area contributed by atoms with Gasteiger partial charge in [-0.2, -0.15) is 0 Å². The van der Waals surface area contributed by atoms with Gasteiger partial charge in [0.2, 0.25) is 0 Å². The Morgan fingerprint density at radius 1 is 1.17 bits per heavy atom. The normalized spacial score (nSPS) is 11.6. The largest absolute Gasteiger partial charge is 0.479 e. The van der Waals surface area contributed by atoms with Crippen LogP contribution in [0.5, 0.6) is 0 Å². The van der Waals surface area contributed by atoms with E-state index in [9.17, 15) is 14.7 Å². The van der Waals surface area contributed by atoms with E-state index < -0.39 is 18.1 Å². The van der Waals surface area contributed by atoms with Crippen molar-refractivity contribution in [3.63, 3.8) is 0 Å². The number of carbonyl (C=O) groups is 2. The standard InChI is InChI=1S/C17H16BrNO4/c1-19(17(22)23-11-12-6-3-2-4-7-12)15(16(20)21)13-8-5-9-14(18)10-13/h2-10,15H,11H2,1H3,(H,20,21). The molecule has 23 heavy (non-hydrogen) atoms. The molecule has 1 atom stereocenters. The second-order valence-electron chi connectivity index (χ2n) is 4.95. The van der Waals surface area contributed by atoms with Crippen LogP contribution in [0.1, 0.15) is 17.2 Å². The molecule has 0 aliphatic carbocycles. The molecule has 0 saturated carbocycles. The van der Waals surface area contributed by atoms with Crippen molar-refractivity contribution in [1.82, 2.24) is 4.90 Å². The molecule has 2 rings (SSSR count). The van der Waals surface area contributed by atoms with Gasteiger partial charge >= 0.3 is 12.1 Å². The molecule has 2 aromatic rings. The van der Waals surface area contributed by atoms with Crippen molar-refractivity contribution in [1.29, 1.82) is 0 Å². The smallest absolute Gasteiger partial charge is 0.410 e. The summed E-state index contributed by atoms with van der Waals surface area (Å²) in [4.78, 5) is 24.8. The zero-order valence-electron chi connectivity index (χ0n) is 12.5. The molecule has 120 valence electrons. The van der Waals surface area contributed by atoms with Gasteiger partial charge < -0.3 is 9.84 Å². The van der Waals surface area contributed by atoms with Gasteiger partial charge in [-0.1, -0.05) is 58.4 Å². The number of carbonyl (C=O) groups excluding carboxylic acids is 1. The number of benzene rings is 2. The lowest BCUT2D eigenvalue weighted by Gasteiger charge is -2.24. The summed E-state index contributed by atoms with van der Waals surface area (Å²) in [6, 6.07) is 14.9. The third-order valence-corrected chi connectivity index (χ3v) is 3.77. The number of carboxylic acids is 1. The summed E-state index contributed by atoms with van der Waals surface area (Å²) in [6.07, 6.45) is -0.693. The molecule has 0 spiro atoms. The molecule has 0 fully saturated rings. The molecule has 0 radical (unpaired) electrons.